The molecule has 0 spiro atoms. The molecule has 0 atom stereocenters. The number of ether oxygens (including phenoxy) is 1. The second-order valence-corrected chi connectivity index (χ2v) is 4.49. The number of Topliss-reactive ketones (excluding diaryl/α,β-unsaturated/α-hetero) is 1. The van der Waals surface area contributed by atoms with Gasteiger partial charge in [-0.15, -0.1) is 0 Å². The molecule has 0 radical (unpaired) electrons. The van der Waals surface area contributed by atoms with Crippen LogP contribution in [0.15, 0.2) is 18.2 Å². The highest BCUT2D eigenvalue weighted by molar-refractivity contribution is 6.12. The van der Waals surface area contributed by atoms with Gasteiger partial charge in [0.2, 0.25) is 0 Å². The molecule has 22 heavy (non-hydrogen) atoms. The third-order valence-corrected chi connectivity index (χ3v) is 3.16. The van der Waals surface area contributed by atoms with E-state index in [0.717, 1.165) is 19.2 Å². The minimum atomic E-state index is -5.42. The molecule has 0 N–H and O–H groups in total. The molecular formula is C13H9F6NO2. The highest BCUT2D eigenvalue weighted by Crippen LogP contribution is 2.41. The van der Waals surface area contributed by atoms with Crippen LogP contribution in [0.3, 0.4) is 0 Å². The van der Waals surface area contributed by atoms with Gasteiger partial charge in [0.1, 0.15) is 11.4 Å². The lowest BCUT2D eigenvalue weighted by Gasteiger charge is -2.12. The molecule has 0 fully saturated rings. The smallest absolute Gasteiger partial charge is 0.454 e. The summed E-state index contributed by atoms with van der Waals surface area (Å²) >= 11 is 0. The van der Waals surface area contributed by atoms with Crippen molar-refractivity contribution in [1.82, 2.24) is 4.57 Å². The Morgan fingerprint density at radius 1 is 1.14 bits per heavy atom. The van der Waals surface area contributed by atoms with Crippen LogP contribution in [0.4, 0.5) is 26.3 Å². The first kappa shape index (κ1) is 16.2. The van der Waals surface area contributed by atoms with Gasteiger partial charge in [-0.05, 0) is 18.2 Å². The van der Waals surface area contributed by atoms with Crippen LogP contribution < -0.4 is 4.74 Å². The van der Waals surface area contributed by atoms with Crippen LogP contribution in [0.5, 0.6) is 5.75 Å². The molecule has 0 amide bonds. The van der Waals surface area contributed by atoms with Crippen molar-refractivity contribution in [3.05, 3.63) is 29.5 Å². The fraction of sp³-hybridized carbons (Fsp3) is 0.308. The molecule has 0 unspecified atom stereocenters. The van der Waals surface area contributed by atoms with Crippen molar-refractivity contribution in [3.63, 3.8) is 0 Å². The van der Waals surface area contributed by atoms with Crippen molar-refractivity contribution in [3.8, 4) is 5.75 Å². The zero-order valence-electron chi connectivity index (χ0n) is 11.3. The van der Waals surface area contributed by atoms with Gasteiger partial charge in [0.15, 0.2) is 0 Å². The topological polar surface area (TPSA) is 31.2 Å². The molecule has 0 aliphatic heterocycles. The number of ketones is 1. The predicted octanol–water partition coefficient (Wildman–Crippen LogP) is 3.95. The van der Waals surface area contributed by atoms with E-state index in [1.807, 2.05) is 0 Å². The summed E-state index contributed by atoms with van der Waals surface area (Å²) in [7, 11) is 2.16. The van der Waals surface area contributed by atoms with Gasteiger partial charge in [-0.2, -0.15) is 26.3 Å². The van der Waals surface area contributed by atoms with Crippen molar-refractivity contribution in [2.45, 2.75) is 12.4 Å². The summed E-state index contributed by atoms with van der Waals surface area (Å²) in [6.45, 7) is 0. The summed E-state index contributed by atoms with van der Waals surface area (Å²) < 4.78 is 82.6. The van der Waals surface area contributed by atoms with Crippen molar-refractivity contribution in [2.24, 2.45) is 7.05 Å². The summed E-state index contributed by atoms with van der Waals surface area (Å²) in [4.78, 5) is 11.5. The SMILES string of the molecule is COc1ccc2c(c1)c(C(=O)C(F)(F)F)c(C(F)(F)F)n2C. The minimum absolute atomic E-state index is 0.0445. The van der Waals surface area contributed by atoms with Crippen molar-refractivity contribution in [1.29, 1.82) is 0 Å². The quantitative estimate of drug-likeness (QED) is 0.618. The normalized spacial score (nSPS) is 12.7. The Kier molecular flexibility index (Phi) is 3.62. The number of aryl methyl sites for hydroxylation is 1. The minimum Gasteiger partial charge on any atom is -0.497 e. The number of nitrogens with zero attached hydrogens (tertiary/aromatic N) is 1. The Bertz CT molecular complexity index is 742. The Hall–Kier alpha value is -2.19. The molecule has 1 aromatic heterocycles. The van der Waals surface area contributed by atoms with Crippen LogP contribution in [0.1, 0.15) is 16.1 Å². The van der Waals surface area contributed by atoms with Crippen LogP contribution in [-0.4, -0.2) is 23.6 Å². The van der Waals surface area contributed by atoms with Crippen LogP contribution in [-0.2, 0) is 13.2 Å². The maximum atomic E-state index is 13.1. The molecule has 2 rings (SSSR count). The molecule has 1 heterocycles. The van der Waals surface area contributed by atoms with Crippen molar-refractivity contribution in [2.75, 3.05) is 7.11 Å². The fourth-order valence-electron chi connectivity index (χ4n) is 2.25. The number of methoxy groups -OCH3 is 1. The van der Waals surface area contributed by atoms with Crippen LogP contribution >= 0.6 is 0 Å². The van der Waals surface area contributed by atoms with Crippen LogP contribution in [0, 0.1) is 0 Å². The van der Waals surface area contributed by atoms with Gasteiger partial charge in [-0.25, -0.2) is 0 Å². The summed E-state index contributed by atoms with van der Waals surface area (Å²) in [5.74, 6) is -2.50. The number of rotatable bonds is 2. The molecule has 0 saturated carbocycles. The highest BCUT2D eigenvalue weighted by atomic mass is 19.4. The number of fused-ring (bicyclic) bond motifs is 1. The summed E-state index contributed by atoms with van der Waals surface area (Å²) in [5, 5.41) is -0.462. The van der Waals surface area contributed by atoms with E-state index in [1.54, 1.807) is 0 Å². The zero-order chi connectivity index (χ0) is 16.9. The van der Waals surface area contributed by atoms with E-state index in [0.29, 0.717) is 4.57 Å². The Morgan fingerprint density at radius 3 is 2.18 bits per heavy atom. The van der Waals surface area contributed by atoms with Gasteiger partial charge in [-0.1, -0.05) is 0 Å². The molecule has 1 aromatic carbocycles. The van der Waals surface area contributed by atoms with E-state index >= 15 is 0 Å². The number of carbonyl (C=O) groups is 1. The Morgan fingerprint density at radius 2 is 1.73 bits per heavy atom. The molecule has 0 aliphatic carbocycles. The Balaban J connectivity index is 2.93. The molecule has 9 heteroatoms. The van der Waals surface area contributed by atoms with E-state index < -0.39 is 34.8 Å². The average Bonchev–Trinajstić information content (AvgIpc) is 2.69. The third-order valence-electron chi connectivity index (χ3n) is 3.16. The highest BCUT2D eigenvalue weighted by Gasteiger charge is 2.48. The molecule has 0 saturated heterocycles. The molecule has 0 bridgehead atoms. The molecule has 3 nitrogen and oxygen atoms in total. The van der Waals surface area contributed by atoms with Gasteiger partial charge < -0.3 is 9.30 Å². The summed E-state index contributed by atoms with van der Waals surface area (Å²) in [6.07, 6.45) is -10.5. The Labute approximate surface area is 120 Å². The predicted molar refractivity (Wildman–Crippen MR) is 64.9 cm³/mol. The maximum Gasteiger partial charge on any atom is 0.454 e. The van der Waals surface area contributed by atoms with Gasteiger partial charge in [0, 0.05) is 18.0 Å². The van der Waals surface area contributed by atoms with E-state index in [-0.39, 0.29) is 11.3 Å². The van der Waals surface area contributed by atoms with E-state index in [4.69, 9.17) is 4.74 Å². The number of aromatic nitrogens is 1. The molecule has 120 valence electrons. The van der Waals surface area contributed by atoms with E-state index in [2.05, 4.69) is 0 Å². The number of benzene rings is 1. The molecule has 0 aliphatic rings. The monoisotopic (exact) mass is 325 g/mol. The lowest BCUT2D eigenvalue weighted by atomic mass is 10.1. The number of hydrogen-bond donors (Lipinski definition) is 0. The van der Waals surface area contributed by atoms with Gasteiger partial charge >= 0.3 is 12.4 Å². The number of halogens is 6. The largest absolute Gasteiger partial charge is 0.497 e. The fourth-order valence-corrected chi connectivity index (χ4v) is 2.25. The lowest BCUT2D eigenvalue weighted by molar-refractivity contribution is -0.143. The molecular weight excluding hydrogens is 316 g/mol. The standard InChI is InChI=1S/C13H9F6NO2/c1-20-8-4-3-6(22-2)5-7(8)9(10(20)12(14,15)16)11(21)13(17,18)19/h3-5H,1-2H3. The first-order chi connectivity index (χ1) is 9.98. The van der Waals surface area contributed by atoms with Gasteiger partial charge in [0.25, 0.3) is 5.78 Å². The van der Waals surface area contributed by atoms with Gasteiger partial charge in [0.05, 0.1) is 12.7 Å². The zero-order valence-corrected chi connectivity index (χ0v) is 11.3. The van der Waals surface area contributed by atoms with Gasteiger partial charge in [-0.3, -0.25) is 4.79 Å². The summed E-state index contributed by atoms with van der Waals surface area (Å²) in [6, 6.07) is 3.43. The number of carbonyl (C=O) groups excluding carboxylic acids is 1. The summed E-state index contributed by atoms with van der Waals surface area (Å²) in [5.41, 5.74) is -3.21. The van der Waals surface area contributed by atoms with Crippen molar-refractivity contribution >= 4 is 16.7 Å². The number of hydrogen-bond acceptors (Lipinski definition) is 2. The second kappa shape index (κ2) is 4.92. The second-order valence-electron chi connectivity index (χ2n) is 4.49. The lowest BCUT2D eigenvalue weighted by Crippen LogP contribution is -2.26. The first-order valence-corrected chi connectivity index (χ1v) is 5.83. The number of alkyl halides is 6. The van der Waals surface area contributed by atoms with E-state index in [9.17, 15) is 31.1 Å². The average molecular weight is 325 g/mol. The third kappa shape index (κ3) is 2.51. The van der Waals surface area contributed by atoms with Crippen LogP contribution in [0.25, 0.3) is 10.9 Å². The van der Waals surface area contributed by atoms with E-state index in [1.165, 1.54) is 13.2 Å². The molecule has 2 aromatic rings. The van der Waals surface area contributed by atoms with Crippen molar-refractivity contribution < 1.29 is 35.9 Å². The maximum absolute atomic E-state index is 13.1. The van der Waals surface area contributed by atoms with Crippen LogP contribution in [0.2, 0.25) is 0 Å². The first-order valence-electron chi connectivity index (χ1n) is 5.83.